The topological polar surface area (TPSA) is 58.4 Å². The van der Waals surface area contributed by atoms with E-state index in [0.717, 1.165) is 25.9 Å². The van der Waals surface area contributed by atoms with Gasteiger partial charge < -0.3 is 16.0 Å². The summed E-state index contributed by atoms with van der Waals surface area (Å²) in [6.45, 7) is 7.68. The Morgan fingerprint density at radius 1 is 1.32 bits per heavy atom. The largest absolute Gasteiger partial charge is 0.382 e. The molecule has 0 radical (unpaired) electrons. The van der Waals surface area contributed by atoms with E-state index in [1.54, 1.807) is 0 Å². The van der Waals surface area contributed by atoms with Crippen LogP contribution in [0.2, 0.25) is 0 Å². The van der Waals surface area contributed by atoms with Crippen LogP contribution in [0.5, 0.6) is 0 Å². The maximum atomic E-state index is 12.2. The third-order valence-electron chi connectivity index (χ3n) is 4.20. The minimum absolute atomic E-state index is 0. The molecule has 0 unspecified atom stereocenters. The zero-order valence-corrected chi connectivity index (χ0v) is 14.5. The Kier molecular flexibility index (Phi) is 7.17. The first-order chi connectivity index (χ1) is 9.97. The molecule has 5 heteroatoms. The Balaban J connectivity index is 0.00000242. The number of hydrogen-bond donors (Lipinski definition) is 2. The van der Waals surface area contributed by atoms with Crippen molar-refractivity contribution in [3.63, 3.8) is 0 Å². The average Bonchev–Trinajstić information content (AvgIpc) is 2.46. The SMILES string of the molecule is Cc1cccc(NC2CCN(C(=O)[C@@H](N)C(C)C)CC2)c1.Cl. The van der Waals surface area contributed by atoms with Crippen LogP contribution in [0, 0.1) is 12.8 Å². The molecule has 4 nitrogen and oxygen atoms in total. The van der Waals surface area contributed by atoms with Crippen LogP contribution >= 0.6 is 12.4 Å². The summed E-state index contributed by atoms with van der Waals surface area (Å²) in [5, 5.41) is 3.56. The van der Waals surface area contributed by atoms with Crippen LogP contribution in [-0.2, 0) is 4.79 Å². The molecule has 1 amide bonds. The van der Waals surface area contributed by atoms with Crippen LogP contribution in [0.15, 0.2) is 24.3 Å². The smallest absolute Gasteiger partial charge is 0.239 e. The third-order valence-corrected chi connectivity index (χ3v) is 4.20. The van der Waals surface area contributed by atoms with E-state index in [1.165, 1.54) is 11.3 Å². The van der Waals surface area contributed by atoms with Crippen LogP contribution in [-0.4, -0.2) is 36.0 Å². The van der Waals surface area contributed by atoms with Crippen LogP contribution in [0.4, 0.5) is 5.69 Å². The number of hydrogen-bond acceptors (Lipinski definition) is 3. The van der Waals surface area contributed by atoms with Gasteiger partial charge in [-0.1, -0.05) is 26.0 Å². The van der Waals surface area contributed by atoms with Crippen LogP contribution in [0.25, 0.3) is 0 Å². The molecule has 1 aliphatic heterocycles. The highest BCUT2D eigenvalue weighted by Gasteiger charge is 2.27. The number of nitrogens with two attached hydrogens (primary N) is 1. The van der Waals surface area contributed by atoms with Crippen molar-refractivity contribution in [1.29, 1.82) is 0 Å². The van der Waals surface area contributed by atoms with Crippen molar-refractivity contribution in [2.45, 2.75) is 45.7 Å². The molecule has 1 saturated heterocycles. The van der Waals surface area contributed by atoms with E-state index < -0.39 is 0 Å². The van der Waals surface area contributed by atoms with E-state index in [9.17, 15) is 4.79 Å². The number of rotatable bonds is 4. The molecule has 0 aromatic heterocycles. The second-order valence-corrected chi connectivity index (χ2v) is 6.38. The number of anilines is 1. The predicted molar refractivity (Wildman–Crippen MR) is 94.5 cm³/mol. The number of nitrogens with one attached hydrogen (secondary N) is 1. The van der Waals surface area contributed by atoms with Gasteiger partial charge in [0.25, 0.3) is 0 Å². The fraction of sp³-hybridized carbons (Fsp3) is 0.588. The molecule has 2 rings (SSSR count). The molecule has 1 fully saturated rings. The first-order valence-corrected chi connectivity index (χ1v) is 7.85. The van der Waals surface area contributed by atoms with Gasteiger partial charge in [-0.25, -0.2) is 0 Å². The summed E-state index contributed by atoms with van der Waals surface area (Å²) in [6, 6.07) is 8.49. The quantitative estimate of drug-likeness (QED) is 0.895. The molecule has 1 heterocycles. The van der Waals surface area contributed by atoms with Gasteiger partial charge in [0.05, 0.1) is 6.04 Å². The second kappa shape index (κ2) is 8.39. The van der Waals surface area contributed by atoms with E-state index in [4.69, 9.17) is 5.73 Å². The molecule has 0 spiro atoms. The molecule has 22 heavy (non-hydrogen) atoms. The van der Waals surface area contributed by atoms with Crippen molar-refractivity contribution in [2.75, 3.05) is 18.4 Å². The van der Waals surface area contributed by atoms with Crippen molar-refractivity contribution in [1.82, 2.24) is 4.90 Å². The number of benzene rings is 1. The number of carbonyl (C=O) groups excluding carboxylic acids is 1. The van der Waals surface area contributed by atoms with Gasteiger partial charge >= 0.3 is 0 Å². The minimum atomic E-state index is -0.369. The zero-order chi connectivity index (χ0) is 15.4. The summed E-state index contributed by atoms with van der Waals surface area (Å²) < 4.78 is 0. The molecule has 3 N–H and O–H groups in total. The monoisotopic (exact) mass is 325 g/mol. The second-order valence-electron chi connectivity index (χ2n) is 6.38. The number of aryl methyl sites for hydroxylation is 1. The molecule has 0 saturated carbocycles. The minimum Gasteiger partial charge on any atom is -0.382 e. The summed E-state index contributed by atoms with van der Waals surface area (Å²) in [5.41, 5.74) is 8.38. The summed E-state index contributed by atoms with van der Waals surface area (Å²) in [5.74, 6) is 0.291. The molecular formula is C17H28ClN3O. The van der Waals surface area contributed by atoms with E-state index in [1.807, 2.05) is 18.7 Å². The molecular weight excluding hydrogens is 298 g/mol. The van der Waals surface area contributed by atoms with Gasteiger partial charge in [-0.2, -0.15) is 0 Å². The molecule has 1 aromatic carbocycles. The van der Waals surface area contributed by atoms with Gasteiger partial charge in [0, 0.05) is 24.8 Å². The molecule has 0 aliphatic carbocycles. The maximum absolute atomic E-state index is 12.2. The number of nitrogens with zero attached hydrogens (tertiary/aromatic N) is 1. The number of halogens is 1. The first kappa shape index (κ1) is 18.8. The standard InChI is InChI=1S/C17H27N3O.ClH/c1-12(2)16(18)17(21)20-9-7-14(8-10-20)19-15-6-4-5-13(3)11-15;/h4-6,11-12,14,16,19H,7-10,18H2,1-3H3;1H/t16-;/m0./s1. The van der Waals surface area contributed by atoms with Gasteiger partial charge in [0.15, 0.2) is 0 Å². The Morgan fingerprint density at radius 2 is 1.95 bits per heavy atom. The van der Waals surface area contributed by atoms with Gasteiger partial charge in [0.1, 0.15) is 0 Å². The lowest BCUT2D eigenvalue weighted by molar-refractivity contribution is -0.134. The lowest BCUT2D eigenvalue weighted by atomic mass is 10.00. The lowest BCUT2D eigenvalue weighted by Crippen LogP contribution is -2.50. The highest BCUT2D eigenvalue weighted by atomic mass is 35.5. The predicted octanol–water partition coefficient (Wildman–Crippen LogP) is 2.80. The molecule has 1 atom stereocenters. The van der Waals surface area contributed by atoms with Gasteiger partial charge in [0.2, 0.25) is 5.91 Å². The molecule has 1 aliphatic rings. The molecule has 0 bridgehead atoms. The van der Waals surface area contributed by atoms with Crippen LogP contribution < -0.4 is 11.1 Å². The van der Waals surface area contributed by atoms with Crippen molar-refractivity contribution in [3.05, 3.63) is 29.8 Å². The average molecular weight is 326 g/mol. The fourth-order valence-corrected chi connectivity index (χ4v) is 2.71. The van der Waals surface area contributed by atoms with Crippen molar-refractivity contribution in [3.8, 4) is 0 Å². The molecule has 1 aromatic rings. The van der Waals surface area contributed by atoms with E-state index in [0.29, 0.717) is 6.04 Å². The highest BCUT2D eigenvalue weighted by molar-refractivity contribution is 5.85. The van der Waals surface area contributed by atoms with Gasteiger partial charge in [-0.05, 0) is 43.4 Å². The normalized spacial score (nSPS) is 17.0. The third kappa shape index (κ3) is 4.89. The summed E-state index contributed by atoms with van der Waals surface area (Å²) >= 11 is 0. The first-order valence-electron chi connectivity index (χ1n) is 7.85. The van der Waals surface area contributed by atoms with Crippen molar-refractivity contribution in [2.24, 2.45) is 11.7 Å². The summed E-state index contributed by atoms with van der Waals surface area (Å²) in [6.07, 6.45) is 1.95. The van der Waals surface area contributed by atoms with Crippen molar-refractivity contribution < 1.29 is 4.79 Å². The lowest BCUT2D eigenvalue weighted by Gasteiger charge is -2.35. The zero-order valence-electron chi connectivity index (χ0n) is 13.7. The Morgan fingerprint density at radius 3 is 2.50 bits per heavy atom. The number of carbonyl (C=O) groups is 1. The van der Waals surface area contributed by atoms with E-state index in [-0.39, 0.29) is 30.3 Å². The van der Waals surface area contributed by atoms with Gasteiger partial charge in [-0.15, -0.1) is 12.4 Å². The highest BCUT2D eigenvalue weighted by Crippen LogP contribution is 2.18. The molecule has 124 valence electrons. The van der Waals surface area contributed by atoms with Crippen molar-refractivity contribution >= 4 is 24.0 Å². The summed E-state index contributed by atoms with van der Waals surface area (Å²) in [7, 11) is 0. The maximum Gasteiger partial charge on any atom is 0.239 e. The number of likely N-dealkylation sites (tertiary alicyclic amines) is 1. The van der Waals surface area contributed by atoms with E-state index in [2.05, 4.69) is 36.5 Å². The van der Waals surface area contributed by atoms with Gasteiger partial charge in [-0.3, -0.25) is 4.79 Å². The fourth-order valence-electron chi connectivity index (χ4n) is 2.71. The van der Waals surface area contributed by atoms with E-state index >= 15 is 0 Å². The Labute approximate surface area is 139 Å². The van der Waals surface area contributed by atoms with Crippen LogP contribution in [0.3, 0.4) is 0 Å². The number of amides is 1. The Bertz CT molecular complexity index is 485. The summed E-state index contributed by atoms with van der Waals surface area (Å²) in [4.78, 5) is 14.1. The van der Waals surface area contributed by atoms with Crippen LogP contribution in [0.1, 0.15) is 32.3 Å². The Hall–Kier alpha value is -1.26. The number of piperidine rings is 1.